The largest absolute Gasteiger partial charge is 0.228 e. The van der Waals surface area contributed by atoms with E-state index in [0.717, 1.165) is 33.6 Å². The molecule has 0 N–H and O–H groups in total. The SMILES string of the molecule is CC1(C)c2ccccc2-c2ccc(-c3cccc(-c4ccc5ccc(-c6ccc(-c7nc(-c8ccccc8)cc(-c8ccccc8)n7)cc6)cc5c4)c3)cc21. The molecule has 0 atom stereocenters. The second kappa shape index (κ2) is 13.2. The van der Waals surface area contributed by atoms with Gasteiger partial charge in [0.15, 0.2) is 5.82 Å². The maximum absolute atomic E-state index is 5.03. The fourth-order valence-electron chi connectivity index (χ4n) is 8.27. The minimum atomic E-state index is -0.0248. The molecule has 8 aromatic carbocycles. The Kier molecular flexibility index (Phi) is 7.85. The zero-order valence-corrected chi connectivity index (χ0v) is 30.9. The quantitative estimate of drug-likeness (QED) is 0.172. The van der Waals surface area contributed by atoms with Crippen LogP contribution in [-0.2, 0) is 5.41 Å². The zero-order valence-electron chi connectivity index (χ0n) is 30.9. The van der Waals surface area contributed by atoms with Crippen molar-refractivity contribution in [2.24, 2.45) is 0 Å². The van der Waals surface area contributed by atoms with Crippen molar-refractivity contribution in [3.63, 3.8) is 0 Å². The Morgan fingerprint density at radius 2 is 0.782 bits per heavy atom. The van der Waals surface area contributed by atoms with Crippen molar-refractivity contribution in [3.05, 3.63) is 205 Å². The molecule has 0 bridgehead atoms. The highest BCUT2D eigenvalue weighted by Gasteiger charge is 2.35. The Balaban J connectivity index is 0.956. The molecule has 1 aliphatic rings. The standard InChI is InChI=1S/C53H38N2/c1-53(2)48-19-10-9-18-46(48)47-29-28-44(33-49(47)53)41-17-11-16-40(30-41)43-27-23-36-22-26-42(31-45(36)32-43)35-20-24-39(25-21-35)52-54-50(37-12-5-3-6-13-37)34-51(55-52)38-14-7-4-8-15-38/h3-34H,1-2H3. The third-order valence-electron chi connectivity index (χ3n) is 11.3. The van der Waals surface area contributed by atoms with E-state index in [0.29, 0.717) is 5.82 Å². The molecule has 260 valence electrons. The minimum absolute atomic E-state index is 0.0248. The summed E-state index contributed by atoms with van der Waals surface area (Å²) in [7, 11) is 0. The lowest BCUT2D eigenvalue weighted by Crippen LogP contribution is -2.14. The van der Waals surface area contributed by atoms with Crippen LogP contribution in [0.3, 0.4) is 0 Å². The van der Waals surface area contributed by atoms with Crippen LogP contribution < -0.4 is 0 Å². The lowest BCUT2D eigenvalue weighted by molar-refractivity contribution is 0.660. The highest BCUT2D eigenvalue weighted by atomic mass is 14.9. The van der Waals surface area contributed by atoms with Crippen LogP contribution in [0.25, 0.3) is 89.2 Å². The van der Waals surface area contributed by atoms with Crippen LogP contribution in [0.4, 0.5) is 0 Å². The first-order valence-corrected chi connectivity index (χ1v) is 19.0. The van der Waals surface area contributed by atoms with Crippen molar-refractivity contribution in [2.45, 2.75) is 19.3 Å². The van der Waals surface area contributed by atoms with Crippen LogP contribution >= 0.6 is 0 Å². The molecule has 55 heavy (non-hydrogen) atoms. The molecule has 1 heterocycles. The number of nitrogens with zero attached hydrogens (tertiary/aromatic N) is 2. The first kappa shape index (κ1) is 32.7. The molecule has 0 amide bonds. The fourth-order valence-corrected chi connectivity index (χ4v) is 8.27. The summed E-state index contributed by atoms with van der Waals surface area (Å²) in [6.45, 7) is 4.69. The van der Waals surface area contributed by atoms with E-state index in [1.165, 1.54) is 60.8 Å². The molecule has 0 saturated carbocycles. The van der Waals surface area contributed by atoms with Gasteiger partial charge >= 0.3 is 0 Å². The van der Waals surface area contributed by atoms with Gasteiger partial charge in [0.05, 0.1) is 11.4 Å². The number of rotatable bonds is 6. The van der Waals surface area contributed by atoms with Crippen LogP contribution in [0.2, 0.25) is 0 Å². The van der Waals surface area contributed by atoms with Gasteiger partial charge in [0.25, 0.3) is 0 Å². The van der Waals surface area contributed by atoms with Gasteiger partial charge in [0.2, 0.25) is 0 Å². The van der Waals surface area contributed by atoms with Gasteiger partial charge in [-0.25, -0.2) is 9.97 Å². The van der Waals surface area contributed by atoms with E-state index in [1.54, 1.807) is 0 Å². The van der Waals surface area contributed by atoms with Crippen LogP contribution in [0.15, 0.2) is 194 Å². The molecule has 0 fully saturated rings. The lowest BCUT2D eigenvalue weighted by atomic mass is 9.81. The summed E-state index contributed by atoms with van der Waals surface area (Å²) >= 11 is 0. The summed E-state index contributed by atoms with van der Waals surface area (Å²) in [6.07, 6.45) is 0. The summed E-state index contributed by atoms with van der Waals surface area (Å²) in [6, 6.07) is 69.7. The molecule has 2 nitrogen and oxygen atoms in total. The third-order valence-corrected chi connectivity index (χ3v) is 11.3. The van der Waals surface area contributed by atoms with E-state index in [9.17, 15) is 0 Å². The Labute approximate surface area is 322 Å². The predicted octanol–water partition coefficient (Wildman–Crippen LogP) is 13.9. The Morgan fingerprint density at radius 1 is 0.309 bits per heavy atom. The van der Waals surface area contributed by atoms with E-state index < -0.39 is 0 Å². The molecule has 0 aliphatic heterocycles. The molecule has 10 rings (SSSR count). The van der Waals surface area contributed by atoms with Crippen molar-refractivity contribution in [3.8, 4) is 78.4 Å². The van der Waals surface area contributed by atoms with Gasteiger partial charge in [0.1, 0.15) is 0 Å². The first-order valence-electron chi connectivity index (χ1n) is 19.0. The van der Waals surface area contributed by atoms with E-state index in [4.69, 9.17) is 9.97 Å². The number of fused-ring (bicyclic) bond motifs is 4. The van der Waals surface area contributed by atoms with Gasteiger partial charge in [-0.2, -0.15) is 0 Å². The topological polar surface area (TPSA) is 25.8 Å². The Morgan fingerprint density at radius 3 is 1.44 bits per heavy atom. The van der Waals surface area contributed by atoms with Crippen molar-refractivity contribution in [1.29, 1.82) is 0 Å². The van der Waals surface area contributed by atoms with Crippen LogP contribution in [-0.4, -0.2) is 9.97 Å². The fraction of sp³-hybridized carbons (Fsp3) is 0.0566. The molecular weight excluding hydrogens is 665 g/mol. The van der Waals surface area contributed by atoms with Gasteiger partial charge in [-0.15, -0.1) is 0 Å². The number of aromatic nitrogens is 2. The average Bonchev–Trinajstić information content (AvgIpc) is 3.49. The maximum atomic E-state index is 5.03. The molecule has 1 aliphatic carbocycles. The number of benzene rings is 8. The van der Waals surface area contributed by atoms with Crippen molar-refractivity contribution in [2.75, 3.05) is 0 Å². The van der Waals surface area contributed by atoms with Crippen molar-refractivity contribution < 1.29 is 0 Å². The van der Waals surface area contributed by atoms with E-state index in [1.807, 2.05) is 36.4 Å². The molecule has 0 saturated heterocycles. The molecular formula is C53H38N2. The van der Waals surface area contributed by atoms with Crippen LogP contribution in [0.1, 0.15) is 25.0 Å². The summed E-state index contributed by atoms with van der Waals surface area (Å²) in [5, 5.41) is 2.44. The highest BCUT2D eigenvalue weighted by Crippen LogP contribution is 2.49. The number of hydrogen-bond acceptors (Lipinski definition) is 2. The molecule has 1 aromatic heterocycles. The summed E-state index contributed by atoms with van der Waals surface area (Å²) in [4.78, 5) is 10.1. The van der Waals surface area contributed by atoms with Gasteiger partial charge in [0, 0.05) is 22.1 Å². The van der Waals surface area contributed by atoms with Gasteiger partial charge in [-0.3, -0.25) is 0 Å². The van der Waals surface area contributed by atoms with Crippen LogP contribution in [0.5, 0.6) is 0 Å². The van der Waals surface area contributed by atoms with Crippen LogP contribution in [0, 0.1) is 0 Å². The number of hydrogen-bond donors (Lipinski definition) is 0. The normalized spacial score (nSPS) is 12.7. The smallest absolute Gasteiger partial charge is 0.160 e. The second-order valence-electron chi connectivity index (χ2n) is 15.1. The van der Waals surface area contributed by atoms with Gasteiger partial charge in [-0.05, 0) is 96.7 Å². The maximum Gasteiger partial charge on any atom is 0.160 e. The van der Waals surface area contributed by atoms with Crippen molar-refractivity contribution >= 4 is 10.8 Å². The summed E-state index contributed by atoms with van der Waals surface area (Å²) < 4.78 is 0. The van der Waals surface area contributed by atoms with E-state index in [-0.39, 0.29) is 5.41 Å². The summed E-state index contributed by atoms with van der Waals surface area (Å²) in [5.41, 5.74) is 17.7. The summed E-state index contributed by atoms with van der Waals surface area (Å²) in [5.74, 6) is 0.714. The van der Waals surface area contributed by atoms with Gasteiger partial charge < -0.3 is 0 Å². The Bertz CT molecular complexity index is 2810. The predicted molar refractivity (Wildman–Crippen MR) is 230 cm³/mol. The van der Waals surface area contributed by atoms with E-state index >= 15 is 0 Å². The van der Waals surface area contributed by atoms with Gasteiger partial charge in [-0.1, -0.05) is 178 Å². The zero-order chi connectivity index (χ0) is 36.9. The average molecular weight is 703 g/mol. The molecule has 0 radical (unpaired) electrons. The Hall–Kier alpha value is -6.90. The lowest BCUT2D eigenvalue weighted by Gasteiger charge is -2.22. The molecule has 9 aromatic rings. The second-order valence-corrected chi connectivity index (χ2v) is 15.1. The monoisotopic (exact) mass is 702 g/mol. The van der Waals surface area contributed by atoms with Crippen molar-refractivity contribution in [1.82, 2.24) is 9.97 Å². The molecule has 2 heteroatoms. The first-order chi connectivity index (χ1) is 27.0. The third kappa shape index (κ3) is 5.93. The molecule has 0 spiro atoms. The highest BCUT2D eigenvalue weighted by molar-refractivity contribution is 5.92. The molecule has 0 unspecified atom stereocenters. The minimum Gasteiger partial charge on any atom is -0.228 e. The van der Waals surface area contributed by atoms with E-state index in [2.05, 4.69) is 172 Å².